The zero-order valence-corrected chi connectivity index (χ0v) is 15.3. The molecule has 142 valence electrons. The molecule has 27 heavy (non-hydrogen) atoms. The number of halogens is 1. The van der Waals surface area contributed by atoms with Crippen LogP contribution in [0.15, 0.2) is 24.3 Å². The van der Waals surface area contributed by atoms with E-state index in [9.17, 15) is 9.59 Å². The van der Waals surface area contributed by atoms with Gasteiger partial charge < -0.3 is 15.2 Å². The summed E-state index contributed by atoms with van der Waals surface area (Å²) in [7, 11) is 0. The molecule has 3 heterocycles. The molecular formula is C18H19ClN4O4. The summed E-state index contributed by atoms with van der Waals surface area (Å²) in [6, 6.07) is 6.86. The smallest absolute Gasteiger partial charge is 0.261 e. The Hall–Kier alpha value is -2.58. The van der Waals surface area contributed by atoms with Crippen molar-refractivity contribution in [1.29, 1.82) is 0 Å². The predicted molar refractivity (Wildman–Crippen MR) is 98.0 cm³/mol. The van der Waals surface area contributed by atoms with E-state index in [1.807, 2.05) is 0 Å². The molecule has 1 unspecified atom stereocenters. The van der Waals surface area contributed by atoms with Crippen molar-refractivity contribution in [2.24, 2.45) is 0 Å². The first-order valence-electron chi connectivity index (χ1n) is 8.77. The van der Waals surface area contributed by atoms with Gasteiger partial charge in [-0.2, -0.15) is 0 Å². The highest BCUT2D eigenvalue weighted by Gasteiger charge is 2.34. The van der Waals surface area contributed by atoms with Crippen molar-refractivity contribution in [2.45, 2.75) is 18.9 Å². The zero-order valence-electron chi connectivity index (χ0n) is 14.6. The van der Waals surface area contributed by atoms with Crippen molar-refractivity contribution in [2.75, 3.05) is 32.1 Å². The van der Waals surface area contributed by atoms with Crippen LogP contribution in [0.25, 0.3) is 0 Å². The Bertz CT molecular complexity index is 856. The molecule has 1 aromatic heterocycles. The lowest BCUT2D eigenvalue weighted by Gasteiger charge is -2.13. The number of ether oxygens (including phenoxy) is 2. The minimum Gasteiger partial charge on any atom is -0.475 e. The van der Waals surface area contributed by atoms with Gasteiger partial charge in [-0.25, -0.2) is 4.68 Å². The van der Waals surface area contributed by atoms with E-state index in [1.54, 1.807) is 28.9 Å². The molecule has 2 aliphatic rings. The Morgan fingerprint density at radius 2 is 1.96 bits per heavy atom. The normalized spacial score (nSPS) is 19.0. The van der Waals surface area contributed by atoms with Crippen molar-refractivity contribution in [3.8, 4) is 5.88 Å². The van der Waals surface area contributed by atoms with Crippen molar-refractivity contribution >= 4 is 29.1 Å². The fourth-order valence-electron chi connectivity index (χ4n) is 3.30. The van der Waals surface area contributed by atoms with E-state index in [-0.39, 0.29) is 42.6 Å². The average molecular weight is 391 g/mol. The molecule has 8 nitrogen and oxygen atoms in total. The summed E-state index contributed by atoms with van der Waals surface area (Å²) in [5.41, 5.74) is 7.14. The maximum atomic E-state index is 12.3. The van der Waals surface area contributed by atoms with Crippen molar-refractivity contribution in [3.05, 3.63) is 40.5 Å². The van der Waals surface area contributed by atoms with Crippen LogP contribution in [0.2, 0.25) is 5.15 Å². The summed E-state index contributed by atoms with van der Waals surface area (Å²) in [5.74, 6) is -0.290. The number of nitrogens with two attached hydrogens (primary N) is 1. The number of amides is 2. The molecule has 0 bridgehead atoms. The molecule has 0 aliphatic carbocycles. The van der Waals surface area contributed by atoms with Gasteiger partial charge in [-0.3, -0.25) is 14.5 Å². The monoisotopic (exact) mass is 390 g/mol. The molecule has 1 atom stereocenters. The number of imide groups is 1. The highest BCUT2D eigenvalue weighted by Crippen LogP contribution is 2.33. The maximum Gasteiger partial charge on any atom is 0.261 e. The Kier molecular flexibility index (Phi) is 4.75. The maximum absolute atomic E-state index is 12.3. The highest BCUT2D eigenvalue weighted by molar-refractivity contribution is 6.32. The van der Waals surface area contributed by atoms with Crippen LogP contribution in [0, 0.1) is 0 Å². The van der Waals surface area contributed by atoms with Gasteiger partial charge in [-0.15, -0.1) is 5.10 Å². The first kappa shape index (κ1) is 17.8. The van der Waals surface area contributed by atoms with Gasteiger partial charge in [0, 0.05) is 13.2 Å². The molecule has 0 saturated carbocycles. The van der Waals surface area contributed by atoms with Gasteiger partial charge in [0.2, 0.25) is 0 Å². The van der Waals surface area contributed by atoms with Gasteiger partial charge in [0.25, 0.3) is 17.7 Å². The second-order valence-corrected chi connectivity index (χ2v) is 6.84. The number of fused-ring (bicyclic) bond motifs is 1. The molecule has 1 saturated heterocycles. The first-order valence-corrected chi connectivity index (χ1v) is 9.15. The lowest BCUT2D eigenvalue weighted by Crippen LogP contribution is -2.31. The van der Waals surface area contributed by atoms with Gasteiger partial charge in [-0.05, 0) is 25.0 Å². The SMILES string of the molecule is Nc1c(OCCCN2C(=O)c3ccccc3C2=O)nn(C2CCOC2)c1Cl. The molecule has 2 aliphatic heterocycles. The molecule has 4 rings (SSSR count). The van der Waals surface area contributed by atoms with E-state index in [1.165, 1.54) is 4.90 Å². The van der Waals surface area contributed by atoms with Gasteiger partial charge in [-0.1, -0.05) is 23.7 Å². The number of hydrogen-bond acceptors (Lipinski definition) is 6. The Morgan fingerprint density at radius 1 is 1.26 bits per heavy atom. The summed E-state index contributed by atoms with van der Waals surface area (Å²) >= 11 is 6.24. The third-order valence-electron chi connectivity index (χ3n) is 4.75. The Morgan fingerprint density at radius 3 is 2.59 bits per heavy atom. The number of nitrogen functional groups attached to an aromatic ring is 1. The van der Waals surface area contributed by atoms with Crippen LogP contribution >= 0.6 is 11.6 Å². The number of benzene rings is 1. The van der Waals surface area contributed by atoms with E-state index in [4.69, 9.17) is 26.8 Å². The molecule has 9 heteroatoms. The molecule has 0 radical (unpaired) electrons. The largest absolute Gasteiger partial charge is 0.475 e. The van der Waals surface area contributed by atoms with E-state index in [0.717, 1.165) is 6.42 Å². The number of rotatable bonds is 6. The standard InChI is InChI=1S/C18H19ClN4O4/c19-15-14(20)16(21-23(15)11-6-9-26-10-11)27-8-3-7-22-17(24)12-4-1-2-5-13(12)18(22)25/h1-2,4-5,11H,3,6-10,20H2. The van der Waals surface area contributed by atoms with Crippen LogP contribution < -0.4 is 10.5 Å². The van der Waals surface area contributed by atoms with Crippen molar-refractivity contribution in [1.82, 2.24) is 14.7 Å². The fourth-order valence-corrected chi connectivity index (χ4v) is 3.56. The van der Waals surface area contributed by atoms with Crippen LogP contribution in [0.4, 0.5) is 5.69 Å². The summed E-state index contributed by atoms with van der Waals surface area (Å²) in [6.45, 7) is 1.72. The van der Waals surface area contributed by atoms with Crippen LogP contribution in [-0.2, 0) is 4.74 Å². The molecule has 2 amide bonds. The average Bonchev–Trinajstić information content (AvgIpc) is 3.36. The van der Waals surface area contributed by atoms with E-state index < -0.39 is 0 Å². The van der Waals surface area contributed by atoms with Crippen molar-refractivity contribution in [3.63, 3.8) is 0 Å². The quantitative estimate of drug-likeness (QED) is 0.599. The van der Waals surface area contributed by atoms with E-state index in [2.05, 4.69) is 5.10 Å². The van der Waals surface area contributed by atoms with Crippen LogP contribution in [-0.4, -0.2) is 52.9 Å². The zero-order chi connectivity index (χ0) is 19.0. The summed E-state index contributed by atoms with van der Waals surface area (Å²) < 4.78 is 12.6. The third kappa shape index (κ3) is 3.15. The lowest BCUT2D eigenvalue weighted by atomic mass is 10.1. The topological polar surface area (TPSA) is 99.7 Å². The second kappa shape index (κ2) is 7.21. The van der Waals surface area contributed by atoms with Gasteiger partial charge in [0.15, 0.2) is 5.15 Å². The lowest BCUT2D eigenvalue weighted by molar-refractivity contribution is 0.0646. The summed E-state index contributed by atoms with van der Waals surface area (Å²) in [6.07, 6.45) is 1.28. The van der Waals surface area contributed by atoms with Gasteiger partial charge in [0.1, 0.15) is 5.69 Å². The van der Waals surface area contributed by atoms with Gasteiger partial charge >= 0.3 is 0 Å². The Balaban J connectivity index is 1.34. The summed E-state index contributed by atoms with van der Waals surface area (Å²) in [5, 5.41) is 4.67. The minimum absolute atomic E-state index is 0.0514. The summed E-state index contributed by atoms with van der Waals surface area (Å²) in [4.78, 5) is 25.9. The third-order valence-corrected chi connectivity index (χ3v) is 5.12. The number of carbonyl (C=O) groups excluding carboxylic acids is 2. The number of carbonyl (C=O) groups is 2. The molecule has 2 aromatic rings. The predicted octanol–water partition coefficient (Wildman–Crippen LogP) is 2.15. The molecular weight excluding hydrogens is 372 g/mol. The fraction of sp³-hybridized carbons (Fsp3) is 0.389. The molecule has 1 fully saturated rings. The molecule has 1 aromatic carbocycles. The molecule has 0 spiro atoms. The minimum atomic E-state index is -0.274. The van der Waals surface area contributed by atoms with Crippen LogP contribution in [0.5, 0.6) is 5.88 Å². The van der Waals surface area contributed by atoms with Crippen LogP contribution in [0.3, 0.4) is 0 Å². The Labute approximate surface area is 160 Å². The number of anilines is 1. The first-order chi connectivity index (χ1) is 13.1. The van der Waals surface area contributed by atoms with E-state index in [0.29, 0.717) is 35.9 Å². The number of nitrogens with zero attached hydrogens (tertiary/aromatic N) is 3. The highest BCUT2D eigenvalue weighted by atomic mass is 35.5. The number of aromatic nitrogens is 2. The van der Waals surface area contributed by atoms with Crippen LogP contribution in [0.1, 0.15) is 39.6 Å². The van der Waals surface area contributed by atoms with E-state index >= 15 is 0 Å². The second-order valence-electron chi connectivity index (χ2n) is 6.48. The molecule has 2 N–H and O–H groups in total. The number of hydrogen-bond donors (Lipinski definition) is 1. The van der Waals surface area contributed by atoms with Gasteiger partial charge in [0.05, 0.1) is 30.4 Å². The van der Waals surface area contributed by atoms with Crippen molar-refractivity contribution < 1.29 is 19.1 Å².